The molecule has 6 aliphatic heterocycles. The summed E-state index contributed by atoms with van der Waals surface area (Å²) in [6, 6.07) is 25.4. The van der Waals surface area contributed by atoms with E-state index in [2.05, 4.69) is 60.1 Å². The minimum atomic E-state index is -3.58. The van der Waals surface area contributed by atoms with Crippen LogP contribution in [0.25, 0.3) is 33.5 Å². The molecule has 4 unspecified atom stereocenters. The van der Waals surface area contributed by atoms with E-state index in [1.807, 2.05) is 91.0 Å². The van der Waals surface area contributed by atoms with Crippen LogP contribution in [0.5, 0.6) is 17.6 Å². The summed E-state index contributed by atoms with van der Waals surface area (Å²) >= 11 is 3.14. The number of aliphatic hydroxyl groups is 6. The van der Waals surface area contributed by atoms with E-state index in [1.54, 1.807) is 20.8 Å². The van der Waals surface area contributed by atoms with Gasteiger partial charge in [0.1, 0.15) is 89.9 Å². The van der Waals surface area contributed by atoms with Crippen LogP contribution < -0.4 is 46.7 Å². The van der Waals surface area contributed by atoms with E-state index in [0.717, 1.165) is 50.8 Å². The Kier molecular flexibility index (Phi) is 27.6. The van der Waals surface area contributed by atoms with Gasteiger partial charge in [-0.3, -0.25) is 41.8 Å². The summed E-state index contributed by atoms with van der Waals surface area (Å²) in [5.41, 5.74) is 16.0. The Labute approximate surface area is 697 Å². The lowest BCUT2D eigenvalue weighted by molar-refractivity contribution is -0.151. The van der Waals surface area contributed by atoms with Gasteiger partial charge in [0.25, 0.3) is 0 Å². The zero-order valence-corrected chi connectivity index (χ0v) is 71.2. The van der Waals surface area contributed by atoms with E-state index in [0.29, 0.717) is 36.5 Å². The molecule has 0 saturated carbocycles. The van der Waals surface area contributed by atoms with Gasteiger partial charge in [-0.25, -0.2) is 30.2 Å². The molecule has 3 aromatic carbocycles. The monoisotopic (exact) mass is 1780 g/mol. The summed E-state index contributed by atoms with van der Waals surface area (Å²) < 4.78 is 112. The number of hydrogen-bond donors (Lipinski definition) is 12. The minimum absolute atomic E-state index is 0.0751. The normalized spacial score (nSPS) is 31.2. The smallest absolute Gasteiger partial charge is 0.327 e. The molecule has 6 aliphatic rings. The molecule has 120 heavy (non-hydrogen) atoms. The number of nitrogen functional groups attached to an aromatic ring is 3. The number of esters is 3. The average Bonchev–Trinajstić information content (AvgIpc) is 1.60. The number of ether oxygens (including phenoxy) is 9. The van der Waals surface area contributed by atoms with Crippen molar-refractivity contribution in [3.05, 3.63) is 127 Å². The Bertz CT molecular complexity index is 4780. The molecule has 6 fully saturated rings. The second-order valence-electron chi connectivity index (χ2n) is 29.1. The van der Waals surface area contributed by atoms with Crippen LogP contribution in [0.2, 0.25) is 0 Å². The van der Waals surface area contributed by atoms with Crippen LogP contribution in [-0.2, 0) is 70.1 Å². The van der Waals surface area contributed by atoms with E-state index in [1.165, 1.54) is 74.8 Å². The SMILES string of the molecule is COc1nc(N)nc2c1ncn2[C@@H]1OC(COP2(=O)N[C@H](C(=O)O[C@H](C)c3ccccc3)CCS2)[C@@H](O)[C@@]1(C)O.COc1nc(N)nc2c1ncn2[C@@H]1OC(CO[P@@]2(=O)N[C@H](C(=O)O[C@H](C)c3ccccc3)CCS2)[C@@H](O)[C@@]1(C)O.COc1nc(N)nc2c1ncn2[C@@H]1OC(CO[P@]2(=O)N[C@@H](C(=O)O[C@@H](C)c3ccccc3)CCS2)[C@@H](O)[C@@]1(C)O. The van der Waals surface area contributed by atoms with Crippen molar-refractivity contribution in [2.75, 3.05) is 75.6 Å². The standard InChI is InChI=1S/3C24H31N6O8PS/c3*1-13(14-7-5-4-6-8-14)37-21(32)15-9-10-40-39(34,29-15)36-11-16-18(31)24(2,33)22(38-16)30-12-26-17-19(30)27-23(25)28-20(17)35-3/h3*4-8,12-13,15-16,18,22,31,33H,9-11H2,1-3H3,(H,29,34)(H2,25,27,28)/t13-,15+,16?,18+,22+,24+,39+;13-,15+,16?,18-,22-,24-,39?;13-,15+,16?,18-,22-,24-,39+/m011/s1. The first-order chi connectivity index (χ1) is 57.1. The van der Waals surface area contributed by atoms with Gasteiger partial charge in [0, 0.05) is 17.3 Å². The molecule has 0 radical (unpaired) electrons. The summed E-state index contributed by atoms with van der Waals surface area (Å²) in [6.45, 7) is -2.24. The van der Waals surface area contributed by atoms with E-state index >= 15 is 0 Å². The zero-order valence-electron chi connectivity index (χ0n) is 66.1. The Morgan fingerprint density at radius 3 is 0.950 bits per heavy atom. The van der Waals surface area contributed by atoms with Crippen LogP contribution in [-0.4, -0.2) is 237 Å². The molecular weight excluding hydrogens is 1690 g/mol. The third-order valence-electron chi connectivity index (χ3n) is 20.5. The quantitative estimate of drug-likeness (QED) is 0.0192. The number of carbonyl (C=O) groups excluding carboxylic acids is 3. The third kappa shape index (κ3) is 19.4. The van der Waals surface area contributed by atoms with Crippen molar-refractivity contribution in [2.24, 2.45) is 0 Å². The highest BCUT2D eigenvalue weighted by Gasteiger charge is 2.58. The van der Waals surface area contributed by atoms with Crippen LogP contribution in [0.4, 0.5) is 17.8 Å². The van der Waals surface area contributed by atoms with E-state index in [4.69, 9.17) is 73.4 Å². The minimum Gasteiger partial charge on any atom is -0.479 e. The summed E-state index contributed by atoms with van der Waals surface area (Å²) in [5.74, 6) is -0.237. The number of anilines is 3. The van der Waals surface area contributed by atoms with E-state index in [9.17, 15) is 58.7 Å². The number of nitrogens with zero attached hydrogens (tertiary/aromatic N) is 12. The molecule has 0 amide bonds. The molecule has 6 saturated heterocycles. The molecule has 42 nitrogen and oxygen atoms in total. The number of nitrogens with one attached hydrogen (secondary N) is 3. The van der Waals surface area contributed by atoms with Crippen LogP contribution in [0.15, 0.2) is 110 Å². The number of fused-ring (bicyclic) bond motifs is 3. The highest BCUT2D eigenvalue weighted by atomic mass is 32.7. The highest BCUT2D eigenvalue weighted by Crippen LogP contribution is 2.62. The average molecular weight is 1780 g/mol. The molecule has 9 aromatic rings. The fourth-order valence-electron chi connectivity index (χ4n) is 13.9. The van der Waals surface area contributed by atoms with E-state index in [-0.39, 0.29) is 88.8 Å². The number of benzene rings is 3. The Morgan fingerprint density at radius 1 is 0.458 bits per heavy atom. The first-order valence-electron chi connectivity index (χ1n) is 37.6. The maximum Gasteiger partial charge on any atom is 0.327 e. The number of imidazole rings is 3. The first-order valence-corrected chi connectivity index (χ1v) is 47.3. The fourth-order valence-corrected chi connectivity index (χ4v) is 25.4. The van der Waals surface area contributed by atoms with Crippen LogP contribution in [0.1, 0.15) is 114 Å². The predicted molar refractivity (Wildman–Crippen MR) is 436 cm³/mol. The third-order valence-corrected chi connectivity index (χ3v) is 32.8. The molecule has 6 aromatic heterocycles. The molecule has 0 aliphatic carbocycles. The predicted octanol–water partition coefficient (Wildman–Crippen LogP) is 5.85. The lowest BCUT2D eigenvalue weighted by Crippen LogP contribution is -2.44. The van der Waals surface area contributed by atoms with Gasteiger partial charge in [0.15, 0.2) is 52.2 Å². The van der Waals surface area contributed by atoms with Gasteiger partial charge in [-0.05, 0) is 77.5 Å². The molecule has 0 bridgehead atoms. The number of nitrogens with two attached hydrogens (primary N) is 3. The second-order valence-corrected chi connectivity index (χ2v) is 42.3. The number of rotatable bonds is 24. The Morgan fingerprint density at radius 2 is 0.708 bits per heavy atom. The molecular formula is C72H93N18O24P3S3. The van der Waals surface area contributed by atoms with Crippen molar-refractivity contribution in [1.29, 1.82) is 0 Å². The van der Waals surface area contributed by atoms with Crippen molar-refractivity contribution >= 4 is 124 Å². The second kappa shape index (κ2) is 37.0. The zero-order chi connectivity index (χ0) is 86.0. The first kappa shape index (κ1) is 89.4. The van der Waals surface area contributed by atoms with Crippen molar-refractivity contribution in [3.8, 4) is 17.6 Å². The summed E-state index contributed by atoms with van der Waals surface area (Å²) in [7, 11) is 4.23. The maximum atomic E-state index is 13.5. The highest BCUT2D eigenvalue weighted by molar-refractivity contribution is 8.56. The number of aliphatic hydroxyl groups excluding tert-OH is 3. The fraction of sp³-hybridized carbons (Fsp3) is 0.500. The molecule has 48 heteroatoms. The van der Waals surface area contributed by atoms with Crippen molar-refractivity contribution < 1.29 is 115 Å². The van der Waals surface area contributed by atoms with Crippen LogP contribution in [0.3, 0.4) is 0 Å². The maximum absolute atomic E-state index is 13.5. The van der Waals surface area contributed by atoms with Gasteiger partial charge in [-0.1, -0.05) is 125 Å². The Balaban J connectivity index is 0.000000156. The van der Waals surface area contributed by atoms with Gasteiger partial charge in [0.05, 0.1) is 60.1 Å². The number of methoxy groups -OCH3 is 3. The molecule has 12 heterocycles. The largest absolute Gasteiger partial charge is 0.479 e. The molecule has 21 atom stereocenters. The Hall–Kier alpha value is -8.34. The van der Waals surface area contributed by atoms with Crippen LogP contribution >= 0.6 is 54.3 Å². The summed E-state index contributed by atoms with van der Waals surface area (Å²) in [6.07, 6.45) is -7.06. The van der Waals surface area contributed by atoms with Gasteiger partial charge < -0.3 is 104 Å². The van der Waals surface area contributed by atoms with E-state index < -0.39 is 147 Å². The summed E-state index contributed by atoms with van der Waals surface area (Å²) in [5, 5.41) is 74.6. The lowest BCUT2D eigenvalue weighted by Gasteiger charge is -2.30. The van der Waals surface area contributed by atoms with Crippen molar-refractivity contribution in [1.82, 2.24) is 73.8 Å². The van der Waals surface area contributed by atoms with Gasteiger partial charge in [0.2, 0.25) is 35.5 Å². The number of carbonyl (C=O) groups is 3. The number of hydrogen-bond acceptors (Lipinski definition) is 39. The van der Waals surface area contributed by atoms with Gasteiger partial charge in [-0.2, -0.15) is 29.9 Å². The van der Waals surface area contributed by atoms with Crippen molar-refractivity contribution in [3.63, 3.8) is 0 Å². The molecule has 648 valence electrons. The molecule has 15 N–H and O–H groups in total. The van der Waals surface area contributed by atoms with Crippen LogP contribution in [0, 0.1) is 0 Å². The topological polar surface area (TPSA) is 580 Å². The molecule has 15 rings (SSSR count). The number of aromatic nitrogens is 12. The summed E-state index contributed by atoms with van der Waals surface area (Å²) in [4.78, 5) is 75.7. The van der Waals surface area contributed by atoms with Gasteiger partial charge in [-0.15, -0.1) is 0 Å². The van der Waals surface area contributed by atoms with Crippen molar-refractivity contribution in [2.45, 2.75) is 169 Å². The van der Waals surface area contributed by atoms with Gasteiger partial charge >= 0.3 is 38.1 Å². The molecule has 0 spiro atoms. The lowest BCUT2D eigenvalue weighted by atomic mass is 9.96.